The van der Waals surface area contributed by atoms with Crippen LogP contribution in [0.1, 0.15) is 26.7 Å². The zero-order valence-corrected chi connectivity index (χ0v) is 10.9. The summed E-state index contributed by atoms with van der Waals surface area (Å²) in [4.78, 5) is 15.4. The van der Waals surface area contributed by atoms with E-state index in [2.05, 4.69) is 30.8 Å². The van der Waals surface area contributed by atoms with Crippen molar-refractivity contribution in [3.63, 3.8) is 0 Å². The van der Waals surface area contributed by atoms with E-state index in [1.54, 1.807) is 0 Å². The van der Waals surface area contributed by atoms with Crippen molar-refractivity contribution >= 4 is 5.97 Å². The highest BCUT2D eigenvalue weighted by atomic mass is 16.5. The number of nitrogens with zero attached hydrogens (tertiary/aromatic N) is 2. The molecule has 4 heteroatoms. The van der Waals surface area contributed by atoms with Crippen LogP contribution in [0, 0.1) is 5.92 Å². The molecule has 1 heterocycles. The second-order valence-electron chi connectivity index (χ2n) is 5.12. The highest BCUT2D eigenvalue weighted by Crippen LogP contribution is 2.22. The summed E-state index contributed by atoms with van der Waals surface area (Å²) in [6.45, 7) is 6.33. The topological polar surface area (TPSA) is 32.8 Å². The van der Waals surface area contributed by atoms with Crippen molar-refractivity contribution in [3.8, 4) is 0 Å². The lowest BCUT2D eigenvalue weighted by Gasteiger charge is -2.39. The van der Waals surface area contributed by atoms with E-state index < -0.39 is 0 Å². The minimum absolute atomic E-state index is 0.178. The molecule has 0 aromatic carbocycles. The molecule has 16 heavy (non-hydrogen) atoms. The van der Waals surface area contributed by atoms with E-state index in [0.717, 1.165) is 25.6 Å². The molecule has 0 spiro atoms. The fraction of sp³-hybridized carbons (Fsp3) is 0.917. The van der Waals surface area contributed by atoms with Crippen LogP contribution >= 0.6 is 0 Å². The van der Waals surface area contributed by atoms with Gasteiger partial charge in [0.05, 0.1) is 6.67 Å². The molecule has 1 aliphatic heterocycles. The molecule has 0 bridgehead atoms. The van der Waals surface area contributed by atoms with Gasteiger partial charge in [-0.25, -0.2) is 0 Å². The number of likely N-dealkylation sites (tertiary alicyclic amines) is 1. The second-order valence-corrected chi connectivity index (χ2v) is 5.12. The van der Waals surface area contributed by atoms with E-state index in [1.165, 1.54) is 13.3 Å². The largest absolute Gasteiger partial charge is 0.464 e. The van der Waals surface area contributed by atoms with E-state index in [4.69, 9.17) is 4.74 Å². The Bertz CT molecular complexity index is 231. The molecule has 2 unspecified atom stereocenters. The van der Waals surface area contributed by atoms with Crippen LogP contribution in [0.25, 0.3) is 0 Å². The summed E-state index contributed by atoms with van der Waals surface area (Å²) >= 11 is 0. The van der Waals surface area contributed by atoms with Gasteiger partial charge >= 0.3 is 5.97 Å². The lowest BCUT2D eigenvalue weighted by molar-refractivity contribution is -0.143. The van der Waals surface area contributed by atoms with E-state index >= 15 is 0 Å². The first-order chi connectivity index (χ1) is 7.49. The predicted octanol–water partition coefficient (Wildman–Crippen LogP) is 1.17. The molecular weight excluding hydrogens is 204 g/mol. The van der Waals surface area contributed by atoms with Gasteiger partial charge in [-0.1, -0.05) is 6.92 Å². The molecule has 2 atom stereocenters. The summed E-state index contributed by atoms with van der Waals surface area (Å²) in [7, 11) is 4.14. The van der Waals surface area contributed by atoms with Gasteiger partial charge in [-0.3, -0.25) is 14.6 Å². The summed E-state index contributed by atoms with van der Waals surface area (Å²) in [5.41, 5.74) is 0. The third kappa shape index (κ3) is 4.49. The van der Waals surface area contributed by atoms with Gasteiger partial charge in [-0.2, -0.15) is 0 Å². The first kappa shape index (κ1) is 13.5. The normalized spacial score (nSPS) is 27.1. The van der Waals surface area contributed by atoms with Gasteiger partial charge in [0.15, 0.2) is 0 Å². The Morgan fingerprint density at radius 3 is 2.75 bits per heavy atom. The fourth-order valence-electron chi connectivity index (χ4n) is 2.24. The second kappa shape index (κ2) is 6.21. The Kier molecular flexibility index (Phi) is 5.22. The van der Waals surface area contributed by atoms with Crippen molar-refractivity contribution in [2.75, 3.05) is 33.9 Å². The van der Waals surface area contributed by atoms with Gasteiger partial charge in [0, 0.05) is 19.5 Å². The number of hydrogen-bond acceptors (Lipinski definition) is 4. The predicted molar refractivity (Wildman–Crippen MR) is 64.1 cm³/mol. The number of esters is 1. The standard InChI is InChI=1S/C12H24N2O2/c1-10-5-6-14(9-13(3)4)12(7-10)8-16-11(2)15/h10,12H,5-9H2,1-4H3. The Balaban J connectivity index is 2.47. The van der Waals surface area contributed by atoms with Crippen LogP contribution in [0.2, 0.25) is 0 Å². The number of carbonyl (C=O) groups is 1. The molecule has 0 N–H and O–H groups in total. The molecule has 0 aromatic rings. The molecule has 0 aromatic heterocycles. The van der Waals surface area contributed by atoms with Gasteiger partial charge in [0.2, 0.25) is 0 Å². The molecule has 4 nitrogen and oxygen atoms in total. The maximum atomic E-state index is 10.8. The molecule has 0 saturated carbocycles. The van der Waals surface area contributed by atoms with Crippen LogP contribution in [-0.2, 0) is 9.53 Å². The molecule has 94 valence electrons. The van der Waals surface area contributed by atoms with E-state index in [1.807, 2.05) is 0 Å². The zero-order chi connectivity index (χ0) is 12.1. The van der Waals surface area contributed by atoms with Crippen LogP contribution in [-0.4, -0.2) is 55.7 Å². The van der Waals surface area contributed by atoms with E-state index in [9.17, 15) is 4.79 Å². The van der Waals surface area contributed by atoms with Gasteiger partial charge in [-0.05, 0) is 32.9 Å². The number of ether oxygens (including phenoxy) is 1. The van der Waals surface area contributed by atoms with Crippen molar-refractivity contribution in [2.45, 2.75) is 32.7 Å². The van der Waals surface area contributed by atoms with E-state index in [0.29, 0.717) is 12.6 Å². The van der Waals surface area contributed by atoms with Crippen molar-refractivity contribution < 1.29 is 9.53 Å². The monoisotopic (exact) mass is 228 g/mol. The lowest BCUT2D eigenvalue weighted by Crippen LogP contribution is -2.48. The lowest BCUT2D eigenvalue weighted by atomic mass is 9.93. The Morgan fingerprint density at radius 1 is 1.50 bits per heavy atom. The third-order valence-electron chi connectivity index (χ3n) is 3.04. The highest BCUT2D eigenvalue weighted by molar-refractivity contribution is 5.65. The minimum atomic E-state index is -0.178. The SMILES string of the molecule is CC(=O)OCC1CC(C)CCN1CN(C)C. The molecule has 1 aliphatic rings. The minimum Gasteiger partial charge on any atom is -0.464 e. The van der Waals surface area contributed by atoms with Crippen LogP contribution in [0.3, 0.4) is 0 Å². The molecule has 0 radical (unpaired) electrons. The summed E-state index contributed by atoms with van der Waals surface area (Å²) in [6.07, 6.45) is 2.37. The van der Waals surface area contributed by atoms with Crippen LogP contribution in [0.4, 0.5) is 0 Å². The first-order valence-corrected chi connectivity index (χ1v) is 6.01. The van der Waals surface area contributed by atoms with Crippen LogP contribution in [0.5, 0.6) is 0 Å². The molecule has 1 fully saturated rings. The summed E-state index contributed by atoms with van der Waals surface area (Å²) in [6, 6.07) is 0.384. The Labute approximate surface area is 98.5 Å². The summed E-state index contributed by atoms with van der Waals surface area (Å²) < 4.78 is 5.14. The van der Waals surface area contributed by atoms with Crippen molar-refractivity contribution in [2.24, 2.45) is 5.92 Å². The highest BCUT2D eigenvalue weighted by Gasteiger charge is 2.27. The summed E-state index contributed by atoms with van der Waals surface area (Å²) in [5.74, 6) is 0.557. The maximum Gasteiger partial charge on any atom is 0.302 e. The van der Waals surface area contributed by atoms with Crippen molar-refractivity contribution in [3.05, 3.63) is 0 Å². The van der Waals surface area contributed by atoms with Gasteiger partial charge in [-0.15, -0.1) is 0 Å². The first-order valence-electron chi connectivity index (χ1n) is 6.01. The quantitative estimate of drug-likeness (QED) is 0.676. The van der Waals surface area contributed by atoms with E-state index in [-0.39, 0.29) is 5.97 Å². The van der Waals surface area contributed by atoms with Crippen molar-refractivity contribution in [1.82, 2.24) is 9.80 Å². The third-order valence-corrected chi connectivity index (χ3v) is 3.04. The summed E-state index contributed by atoms with van der Waals surface area (Å²) in [5, 5.41) is 0. The van der Waals surface area contributed by atoms with Crippen molar-refractivity contribution in [1.29, 1.82) is 0 Å². The number of hydrogen-bond donors (Lipinski definition) is 0. The average Bonchev–Trinajstić information content (AvgIpc) is 2.17. The molecule has 0 aliphatic carbocycles. The van der Waals surface area contributed by atoms with Gasteiger partial charge < -0.3 is 4.74 Å². The Morgan fingerprint density at radius 2 is 2.19 bits per heavy atom. The number of rotatable bonds is 4. The van der Waals surface area contributed by atoms with Gasteiger partial charge in [0.25, 0.3) is 0 Å². The Hall–Kier alpha value is -0.610. The van der Waals surface area contributed by atoms with Gasteiger partial charge in [0.1, 0.15) is 6.61 Å². The zero-order valence-electron chi connectivity index (χ0n) is 10.9. The van der Waals surface area contributed by atoms with Crippen LogP contribution in [0.15, 0.2) is 0 Å². The van der Waals surface area contributed by atoms with Crippen LogP contribution < -0.4 is 0 Å². The maximum absolute atomic E-state index is 10.8. The molecule has 0 amide bonds. The molecular formula is C12H24N2O2. The molecule has 1 saturated heterocycles. The number of piperidine rings is 1. The average molecular weight is 228 g/mol. The fourth-order valence-corrected chi connectivity index (χ4v) is 2.24. The number of carbonyl (C=O) groups excluding carboxylic acids is 1. The molecule has 1 rings (SSSR count). The smallest absolute Gasteiger partial charge is 0.302 e.